The van der Waals surface area contributed by atoms with Crippen LogP contribution in [0.3, 0.4) is 0 Å². The van der Waals surface area contributed by atoms with Crippen molar-refractivity contribution in [2.75, 3.05) is 0 Å². The molecule has 2 heterocycles. The normalized spacial score (nSPS) is 11.2. The van der Waals surface area contributed by atoms with Gasteiger partial charge in [-0.1, -0.05) is 24.3 Å². The van der Waals surface area contributed by atoms with Crippen LogP contribution in [-0.4, -0.2) is 19.3 Å². The minimum Gasteiger partial charge on any atom is -0.292 e. The largest absolute Gasteiger partial charge is 0.292 e. The number of imidazole rings is 1. The number of rotatable bonds is 3. The summed E-state index contributed by atoms with van der Waals surface area (Å²) in [4.78, 5) is 30.3. The molecule has 0 amide bonds. The Labute approximate surface area is 141 Å². The maximum Gasteiger partial charge on any atom is 0.269 e. The Balaban J connectivity index is 1.90. The number of nitro groups is 1. The Morgan fingerprint density at radius 2 is 2.00 bits per heavy atom. The van der Waals surface area contributed by atoms with E-state index in [0.29, 0.717) is 23.3 Å². The molecule has 0 aliphatic rings. The van der Waals surface area contributed by atoms with Crippen molar-refractivity contribution in [2.45, 2.75) is 13.3 Å². The van der Waals surface area contributed by atoms with Crippen LogP contribution < -0.4 is 5.56 Å². The number of nitrogens with one attached hydrogen (secondary N) is 1. The predicted molar refractivity (Wildman–Crippen MR) is 94.0 cm³/mol. The van der Waals surface area contributed by atoms with Crippen molar-refractivity contribution in [3.63, 3.8) is 0 Å². The molecule has 7 heteroatoms. The number of hydrogen-bond donors (Lipinski definition) is 1. The van der Waals surface area contributed by atoms with Gasteiger partial charge >= 0.3 is 0 Å². The van der Waals surface area contributed by atoms with Crippen molar-refractivity contribution in [3.05, 3.63) is 85.8 Å². The van der Waals surface area contributed by atoms with E-state index >= 15 is 0 Å². The summed E-state index contributed by atoms with van der Waals surface area (Å²) in [5.74, 6) is 0.492. The molecule has 0 saturated carbocycles. The molecule has 0 spiro atoms. The first-order valence-electron chi connectivity index (χ1n) is 7.77. The van der Waals surface area contributed by atoms with Crippen LogP contribution in [0.4, 0.5) is 5.69 Å². The molecule has 7 nitrogen and oxygen atoms in total. The highest BCUT2D eigenvalue weighted by molar-refractivity contribution is 5.79. The van der Waals surface area contributed by atoms with Gasteiger partial charge in [-0.05, 0) is 24.6 Å². The highest BCUT2D eigenvalue weighted by Gasteiger charge is 2.15. The van der Waals surface area contributed by atoms with E-state index in [1.165, 1.54) is 12.1 Å². The topological polar surface area (TPSA) is 93.3 Å². The van der Waals surface area contributed by atoms with Crippen LogP contribution in [0.5, 0.6) is 0 Å². The fourth-order valence-electron chi connectivity index (χ4n) is 3.12. The second kappa shape index (κ2) is 5.55. The van der Waals surface area contributed by atoms with Crippen molar-refractivity contribution in [2.24, 2.45) is 0 Å². The third kappa shape index (κ3) is 2.46. The standard InChI is InChI=1S/C18H14N4O3/c1-11-14(10-12-5-4-6-13(9-12)22(24)25)17(23)20-18-19-15-7-2-3-8-16(15)21(11)18/h2-9H,10H2,1H3,(H,19,20,23). The maximum atomic E-state index is 12.5. The lowest BCUT2D eigenvalue weighted by atomic mass is 10.0. The molecule has 0 fully saturated rings. The minimum atomic E-state index is -0.437. The fourth-order valence-corrected chi connectivity index (χ4v) is 3.12. The average Bonchev–Trinajstić information content (AvgIpc) is 2.97. The van der Waals surface area contributed by atoms with Gasteiger partial charge in [0.15, 0.2) is 0 Å². The number of H-pyrrole nitrogens is 1. The summed E-state index contributed by atoms with van der Waals surface area (Å²) in [5.41, 5.74) is 3.55. The number of aromatic amines is 1. The maximum absolute atomic E-state index is 12.5. The second-order valence-electron chi connectivity index (χ2n) is 5.88. The van der Waals surface area contributed by atoms with Crippen molar-refractivity contribution in [1.82, 2.24) is 14.4 Å². The number of benzene rings is 2. The Hall–Kier alpha value is -3.48. The van der Waals surface area contributed by atoms with Crippen molar-refractivity contribution >= 4 is 22.5 Å². The molecule has 1 N–H and O–H groups in total. The lowest BCUT2D eigenvalue weighted by Gasteiger charge is -2.08. The molecule has 2 aromatic carbocycles. The van der Waals surface area contributed by atoms with Crippen molar-refractivity contribution in [3.8, 4) is 0 Å². The molecule has 0 radical (unpaired) electrons. The zero-order valence-corrected chi connectivity index (χ0v) is 13.4. The smallest absolute Gasteiger partial charge is 0.269 e. The third-order valence-corrected chi connectivity index (χ3v) is 4.33. The molecule has 0 atom stereocenters. The monoisotopic (exact) mass is 334 g/mol. The van der Waals surface area contributed by atoms with E-state index in [0.717, 1.165) is 16.7 Å². The number of nitro benzene ring substituents is 1. The summed E-state index contributed by atoms with van der Waals surface area (Å²) in [6.45, 7) is 1.86. The van der Waals surface area contributed by atoms with Gasteiger partial charge in [-0.3, -0.25) is 24.3 Å². The summed E-state index contributed by atoms with van der Waals surface area (Å²) in [5, 5.41) is 11.0. The van der Waals surface area contributed by atoms with Gasteiger partial charge in [0.25, 0.3) is 11.2 Å². The average molecular weight is 334 g/mol. The van der Waals surface area contributed by atoms with Gasteiger partial charge in [0.05, 0.1) is 16.0 Å². The van der Waals surface area contributed by atoms with Crippen LogP contribution in [0, 0.1) is 17.0 Å². The summed E-state index contributed by atoms with van der Waals surface area (Å²) < 4.78 is 1.91. The molecule has 4 rings (SSSR count). The number of nitrogens with zero attached hydrogens (tertiary/aromatic N) is 3. The molecular weight excluding hydrogens is 320 g/mol. The van der Waals surface area contributed by atoms with Gasteiger partial charge in [-0.2, -0.15) is 0 Å². The van der Waals surface area contributed by atoms with Gasteiger partial charge < -0.3 is 0 Å². The summed E-state index contributed by atoms with van der Waals surface area (Å²) in [7, 11) is 0. The van der Waals surface area contributed by atoms with Crippen LogP contribution >= 0.6 is 0 Å². The molecule has 0 aliphatic carbocycles. The van der Waals surface area contributed by atoms with Gasteiger partial charge in [-0.25, -0.2) is 4.98 Å². The first-order chi connectivity index (χ1) is 12.0. The van der Waals surface area contributed by atoms with E-state index in [1.807, 2.05) is 35.6 Å². The zero-order valence-electron chi connectivity index (χ0n) is 13.4. The third-order valence-electron chi connectivity index (χ3n) is 4.33. The number of aryl methyl sites for hydroxylation is 1. The van der Waals surface area contributed by atoms with E-state index in [4.69, 9.17) is 0 Å². The number of para-hydroxylation sites is 2. The van der Waals surface area contributed by atoms with Crippen molar-refractivity contribution in [1.29, 1.82) is 0 Å². The summed E-state index contributed by atoms with van der Waals surface area (Å²) in [6, 6.07) is 14.0. The Morgan fingerprint density at radius 3 is 2.80 bits per heavy atom. The molecule has 0 unspecified atom stereocenters. The van der Waals surface area contributed by atoms with Gasteiger partial charge in [0, 0.05) is 29.8 Å². The first kappa shape index (κ1) is 15.1. The molecule has 2 aromatic heterocycles. The SMILES string of the molecule is Cc1c(Cc2cccc([N+](=O)[O-])c2)c(=O)[nH]c2nc3ccccc3n12. The first-order valence-corrected chi connectivity index (χ1v) is 7.77. The second-order valence-corrected chi connectivity index (χ2v) is 5.88. The molecular formula is C18H14N4O3. The lowest BCUT2D eigenvalue weighted by Crippen LogP contribution is -2.18. The van der Waals surface area contributed by atoms with Crippen LogP contribution in [0.15, 0.2) is 53.3 Å². The fraction of sp³-hybridized carbons (Fsp3) is 0.111. The van der Waals surface area contributed by atoms with E-state index in [-0.39, 0.29) is 11.2 Å². The van der Waals surface area contributed by atoms with Crippen LogP contribution in [0.25, 0.3) is 16.8 Å². The van der Waals surface area contributed by atoms with Crippen LogP contribution in [0.1, 0.15) is 16.8 Å². The van der Waals surface area contributed by atoms with E-state index in [2.05, 4.69) is 9.97 Å². The molecule has 0 bridgehead atoms. The van der Waals surface area contributed by atoms with Gasteiger partial charge in [0.1, 0.15) is 0 Å². The van der Waals surface area contributed by atoms with E-state index in [9.17, 15) is 14.9 Å². The van der Waals surface area contributed by atoms with Gasteiger partial charge in [-0.15, -0.1) is 0 Å². The minimum absolute atomic E-state index is 0.0146. The number of aromatic nitrogens is 3. The summed E-state index contributed by atoms with van der Waals surface area (Å²) in [6.07, 6.45) is 0.311. The molecule has 4 aromatic rings. The zero-order chi connectivity index (χ0) is 17.6. The molecule has 25 heavy (non-hydrogen) atoms. The highest BCUT2D eigenvalue weighted by Crippen LogP contribution is 2.20. The number of fused-ring (bicyclic) bond motifs is 3. The summed E-state index contributed by atoms with van der Waals surface area (Å²) >= 11 is 0. The molecule has 124 valence electrons. The van der Waals surface area contributed by atoms with E-state index in [1.54, 1.807) is 12.1 Å². The quantitative estimate of drug-likeness (QED) is 0.460. The van der Waals surface area contributed by atoms with Gasteiger partial charge in [0.2, 0.25) is 5.78 Å². The molecule has 0 aliphatic heterocycles. The van der Waals surface area contributed by atoms with Crippen molar-refractivity contribution < 1.29 is 4.92 Å². The Kier molecular flexibility index (Phi) is 3.35. The predicted octanol–water partition coefficient (Wildman–Crippen LogP) is 2.98. The Morgan fingerprint density at radius 1 is 1.20 bits per heavy atom. The highest BCUT2D eigenvalue weighted by atomic mass is 16.6. The van der Waals surface area contributed by atoms with Crippen LogP contribution in [0.2, 0.25) is 0 Å². The lowest BCUT2D eigenvalue weighted by molar-refractivity contribution is -0.384. The van der Waals surface area contributed by atoms with Crippen LogP contribution in [-0.2, 0) is 6.42 Å². The number of hydrogen-bond acceptors (Lipinski definition) is 4. The Bertz CT molecular complexity index is 1190. The number of non-ortho nitro benzene ring substituents is 1. The van der Waals surface area contributed by atoms with E-state index < -0.39 is 4.92 Å². The molecule has 0 saturated heterocycles.